The molecule has 14 nitrogen and oxygen atoms in total. The van der Waals surface area contributed by atoms with Crippen molar-refractivity contribution in [3.63, 3.8) is 0 Å². The van der Waals surface area contributed by atoms with Gasteiger partial charge in [-0.15, -0.1) is 0 Å². The molecule has 4 aromatic rings. The van der Waals surface area contributed by atoms with Crippen LogP contribution in [0.3, 0.4) is 0 Å². The van der Waals surface area contributed by atoms with Gasteiger partial charge in [-0.2, -0.15) is 23.3 Å². The largest absolute Gasteiger partial charge is 0.471 e. The molecule has 2 aromatic heterocycles. The lowest BCUT2D eigenvalue weighted by Gasteiger charge is -2.33. The van der Waals surface area contributed by atoms with Crippen LogP contribution in [0.1, 0.15) is 74.0 Å². The summed E-state index contributed by atoms with van der Waals surface area (Å²) in [4.78, 5) is 36.8. The molecular formula is C39H46F3N9O5S. The Morgan fingerprint density at radius 2 is 1.79 bits per heavy atom. The Morgan fingerprint density at radius 3 is 2.51 bits per heavy atom. The van der Waals surface area contributed by atoms with E-state index in [-0.39, 0.29) is 24.3 Å². The third kappa shape index (κ3) is 8.63. The Morgan fingerprint density at radius 1 is 1.00 bits per heavy atom. The summed E-state index contributed by atoms with van der Waals surface area (Å²) in [6.45, 7) is 3.89. The molecule has 57 heavy (non-hydrogen) atoms. The highest BCUT2D eigenvalue weighted by atomic mass is 32.2. The van der Waals surface area contributed by atoms with Crippen molar-refractivity contribution in [3.05, 3.63) is 65.4 Å². The number of likely N-dealkylation sites (tertiary alicyclic amines) is 1. The predicted molar refractivity (Wildman–Crippen MR) is 206 cm³/mol. The summed E-state index contributed by atoms with van der Waals surface area (Å²) in [6.07, 6.45) is -0.599. The maximum atomic E-state index is 13.7. The van der Waals surface area contributed by atoms with Crippen molar-refractivity contribution in [2.24, 2.45) is 7.05 Å². The number of amides is 3. The van der Waals surface area contributed by atoms with E-state index >= 15 is 0 Å². The van der Waals surface area contributed by atoms with Crippen molar-refractivity contribution in [1.82, 2.24) is 34.3 Å². The van der Waals surface area contributed by atoms with Crippen molar-refractivity contribution in [3.8, 4) is 5.88 Å². The molecule has 18 heteroatoms. The number of benzene rings is 2. The van der Waals surface area contributed by atoms with Crippen LogP contribution in [-0.2, 0) is 35.5 Å². The summed E-state index contributed by atoms with van der Waals surface area (Å²) in [5.74, 6) is 0.0907. The van der Waals surface area contributed by atoms with Crippen molar-refractivity contribution in [2.75, 3.05) is 42.9 Å². The molecule has 0 spiro atoms. The zero-order chi connectivity index (χ0) is 39.8. The number of aliphatic hydroxyl groups is 1. The second-order valence-electron chi connectivity index (χ2n) is 15.3. The first-order valence-electron chi connectivity index (χ1n) is 19.5. The van der Waals surface area contributed by atoms with Gasteiger partial charge in [-0.3, -0.25) is 24.6 Å². The van der Waals surface area contributed by atoms with Crippen LogP contribution in [0.15, 0.2) is 53.6 Å². The molecule has 4 fully saturated rings. The minimum Gasteiger partial charge on any atom is -0.471 e. The number of rotatable bonds is 10. The van der Waals surface area contributed by atoms with Gasteiger partial charge < -0.3 is 15.2 Å². The molecule has 1 aliphatic carbocycles. The third-order valence-electron chi connectivity index (χ3n) is 11.5. The summed E-state index contributed by atoms with van der Waals surface area (Å²) in [5, 5.41) is 21.1. The van der Waals surface area contributed by atoms with Gasteiger partial charge in [-0.05, 0) is 99.3 Å². The number of ether oxygens (including phenoxy) is 1. The molecule has 0 bridgehead atoms. The maximum Gasteiger partial charge on any atom is 0.423 e. The molecule has 3 amide bonds. The van der Waals surface area contributed by atoms with E-state index in [1.54, 1.807) is 4.68 Å². The zero-order valence-electron chi connectivity index (χ0n) is 31.6. The number of hydrogen-bond donors (Lipinski definition) is 3. The number of alkyl halides is 3. The van der Waals surface area contributed by atoms with Crippen LogP contribution in [0.2, 0.25) is 0 Å². The van der Waals surface area contributed by atoms with E-state index < -0.39 is 46.8 Å². The number of urea groups is 1. The van der Waals surface area contributed by atoms with Crippen molar-refractivity contribution in [1.29, 1.82) is 0 Å². The summed E-state index contributed by atoms with van der Waals surface area (Å²) in [7, 11) is 0.486. The number of carbonyl (C=O) groups excluding carboxylic acids is 2. The predicted octanol–water partition coefficient (Wildman–Crippen LogP) is 5.10. The van der Waals surface area contributed by atoms with Crippen LogP contribution >= 0.6 is 0 Å². The fraction of sp³-hybridized carbons (Fsp3) is 0.513. The molecule has 3 saturated heterocycles. The van der Waals surface area contributed by atoms with E-state index in [1.807, 2.05) is 35.6 Å². The normalized spacial score (nSPS) is 22.6. The number of nitrogens with zero attached hydrogens (tertiary/aromatic N) is 7. The van der Waals surface area contributed by atoms with Gasteiger partial charge in [0.05, 0.1) is 16.5 Å². The van der Waals surface area contributed by atoms with Crippen LogP contribution in [0, 0.1) is 0 Å². The Kier molecular flexibility index (Phi) is 11.2. The lowest BCUT2D eigenvalue weighted by Crippen LogP contribution is -2.49. The van der Waals surface area contributed by atoms with Crippen molar-refractivity contribution in [2.45, 2.75) is 93.2 Å². The van der Waals surface area contributed by atoms with Crippen molar-refractivity contribution >= 4 is 45.6 Å². The average molecular weight is 810 g/mol. The molecule has 2 aromatic carbocycles. The van der Waals surface area contributed by atoms with Gasteiger partial charge in [-0.1, -0.05) is 18.2 Å². The van der Waals surface area contributed by atoms with E-state index in [4.69, 9.17) is 4.74 Å². The van der Waals surface area contributed by atoms with Crippen LogP contribution < -0.4 is 20.3 Å². The zero-order valence-corrected chi connectivity index (χ0v) is 32.4. The fourth-order valence-electron chi connectivity index (χ4n) is 8.31. The quantitative estimate of drug-likeness (QED) is 0.197. The van der Waals surface area contributed by atoms with Gasteiger partial charge in [0.25, 0.3) is 0 Å². The third-order valence-corrected chi connectivity index (χ3v) is 13.0. The number of halogens is 3. The molecule has 8 rings (SSSR count). The highest BCUT2D eigenvalue weighted by Crippen LogP contribution is 2.38. The summed E-state index contributed by atoms with van der Waals surface area (Å²) in [6, 6.07) is 13.6. The topological polar surface area (TPSA) is 158 Å². The van der Waals surface area contributed by atoms with Gasteiger partial charge >= 0.3 is 12.2 Å². The van der Waals surface area contributed by atoms with Crippen LogP contribution in [0.5, 0.6) is 5.88 Å². The monoisotopic (exact) mass is 809 g/mol. The van der Waals surface area contributed by atoms with E-state index in [1.165, 1.54) is 10.5 Å². The molecule has 0 radical (unpaired) electrons. The van der Waals surface area contributed by atoms with E-state index in [2.05, 4.69) is 48.8 Å². The fourth-order valence-corrected chi connectivity index (χ4v) is 9.60. The van der Waals surface area contributed by atoms with E-state index in [9.17, 15) is 32.1 Å². The number of aryl methyl sites for hydroxylation is 1. The lowest BCUT2D eigenvalue weighted by molar-refractivity contribution is -0.140. The Labute approximate surface area is 330 Å². The second-order valence-corrected chi connectivity index (χ2v) is 16.8. The van der Waals surface area contributed by atoms with Crippen LogP contribution in [-0.4, -0.2) is 101 Å². The number of hydrogen-bond acceptors (Lipinski definition) is 10. The van der Waals surface area contributed by atoms with Crippen LogP contribution in [0.4, 0.5) is 29.7 Å². The summed E-state index contributed by atoms with van der Waals surface area (Å²) >= 11 is 0. The number of imide groups is 1. The van der Waals surface area contributed by atoms with Gasteiger partial charge in [0.1, 0.15) is 22.7 Å². The molecule has 304 valence electrons. The average Bonchev–Trinajstić information content (AvgIpc) is 3.75. The van der Waals surface area contributed by atoms with Crippen molar-refractivity contribution < 1.29 is 36.8 Å². The first-order chi connectivity index (χ1) is 27.4. The molecule has 1 saturated carbocycles. The number of piperidine rings is 2. The smallest absolute Gasteiger partial charge is 0.423 e. The summed E-state index contributed by atoms with van der Waals surface area (Å²) < 4.78 is 64.1. The maximum absolute atomic E-state index is 13.7. The lowest BCUT2D eigenvalue weighted by atomic mass is 9.89. The number of aromatic nitrogens is 4. The second kappa shape index (κ2) is 16.3. The molecular weight excluding hydrogens is 764 g/mol. The number of carbonyl (C=O) groups is 2. The van der Waals surface area contributed by atoms with Gasteiger partial charge in [0.2, 0.25) is 17.7 Å². The molecule has 5 heterocycles. The highest BCUT2D eigenvalue weighted by Gasteiger charge is 2.39. The standard InChI is InChI=1S/C39H46F3N9O5S/c1-48-31-21-26(8-9-29(31)35(47-48)51-19-14-34(53)45-38(51)54)25-10-15-49(16-11-25)23-24-4-2-5-28(20-24)57(55)50-17-12-27(13-18-50)44-37-43-22-30(39(40,41)42)36(46-37)56-33-7-3-6-32(33)52/h2,4-5,8-9,20-22,25,27,32-33,52H,3,6-7,10-19,23H2,1H3,(H,43,44,46)(H,45,53,54). The molecule has 3 aliphatic heterocycles. The first-order valence-corrected chi connectivity index (χ1v) is 20.6. The number of nitrogens with one attached hydrogen (secondary N) is 2. The SMILES string of the molecule is Cn1nc(N2CCC(=O)NC2=O)c2ccc(C3CCN(Cc4cccc(S(=O)N5CCC(Nc6ncc(C(F)(F)F)c(OC7CCCC7O)n6)CC5)c4)CC3)cc21. The van der Waals surface area contributed by atoms with Gasteiger partial charge in [0, 0.05) is 57.3 Å². The van der Waals surface area contributed by atoms with Gasteiger partial charge in [0.15, 0.2) is 5.82 Å². The van der Waals surface area contributed by atoms with Crippen LogP contribution in [0.25, 0.3) is 10.9 Å². The molecule has 4 aliphatic rings. The van der Waals surface area contributed by atoms with E-state index in [0.717, 1.165) is 60.0 Å². The highest BCUT2D eigenvalue weighted by molar-refractivity contribution is 7.82. The van der Waals surface area contributed by atoms with Gasteiger partial charge in [-0.25, -0.2) is 18.3 Å². The number of anilines is 2. The Bertz CT molecular complexity index is 2150. The molecule has 3 unspecified atom stereocenters. The first kappa shape index (κ1) is 39.2. The Hall–Kier alpha value is -4.65. The number of aliphatic hydroxyl groups excluding tert-OH is 1. The minimum absolute atomic E-state index is 0.0234. The Balaban J connectivity index is 0.834. The molecule has 3 atom stereocenters. The molecule has 3 N–H and O–H groups in total. The summed E-state index contributed by atoms with van der Waals surface area (Å²) in [5.41, 5.74) is 2.18. The van der Waals surface area contributed by atoms with E-state index in [0.29, 0.717) is 63.5 Å². The number of fused-ring (bicyclic) bond motifs is 1. The minimum atomic E-state index is -4.70.